The van der Waals surface area contributed by atoms with E-state index in [-0.39, 0.29) is 5.63 Å². The summed E-state index contributed by atoms with van der Waals surface area (Å²) in [4.78, 5) is 13.9. The van der Waals surface area contributed by atoms with Gasteiger partial charge < -0.3 is 13.9 Å². The van der Waals surface area contributed by atoms with Crippen LogP contribution in [-0.4, -0.2) is 32.2 Å². The van der Waals surface area contributed by atoms with E-state index < -0.39 is 0 Å². The van der Waals surface area contributed by atoms with Gasteiger partial charge in [-0.15, -0.1) is 0 Å². The number of nitrogens with zero attached hydrogens (tertiary/aromatic N) is 1. The minimum absolute atomic E-state index is 0.339. The topological polar surface area (TPSA) is 51.9 Å². The molecule has 0 aliphatic rings. The summed E-state index contributed by atoms with van der Waals surface area (Å²) in [6, 6.07) is 14.8. The Labute approximate surface area is 160 Å². The first kappa shape index (κ1) is 18.5. The number of halogens is 1. The monoisotopic (exact) mass is 417 g/mol. The predicted octanol–water partition coefficient (Wildman–Crippen LogP) is 4.07. The Morgan fingerprint density at radius 3 is 2.54 bits per heavy atom. The minimum atomic E-state index is -0.339. The van der Waals surface area contributed by atoms with Crippen LogP contribution in [0.1, 0.15) is 5.56 Å². The summed E-state index contributed by atoms with van der Waals surface area (Å²) in [5, 5.41) is 0.940. The van der Waals surface area contributed by atoms with Gasteiger partial charge in [0.2, 0.25) is 0 Å². The Balaban J connectivity index is 1.61. The van der Waals surface area contributed by atoms with Crippen LogP contribution in [0, 0.1) is 0 Å². The van der Waals surface area contributed by atoms with Crippen molar-refractivity contribution in [2.75, 3.05) is 27.3 Å². The van der Waals surface area contributed by atoms with Crippen LogP contribution in [0.4, 0.5) is 0 Å². The number of methoxy groups -OCH3 is 1. The molecule has 0 saturated carbocycles. The van der Waals surface area contributed by atoms with Crippen LogP contribution in [0.2, 0.25) is 0 Å². The molecule has 26 heavy (non-hydrogen) atoms. The smallest absolute Gasteiger partial charge is 0.336 e. The molecule has 2 aromatic carbocycles. The van der Waals surface area contributed by atoms with Gasteiger partial charge in [0.1, 0.15) is 23.7 Å². The summed E-state index contributed by atoms with van der Waals surface area (Å²) < 4.78 is 17.1. The Morgan fingerprint density at radius 2 is 1.81 bits per heavy atom. The van der Waals surface area contributed by atoms with E-state index in [0.29, 0.717) is 18.7 Å². The zero-order chi connectivity index (χ0) is 18.5. The highest BCUT2D eigenvalue weighted by atomic mass is 79.9. The number of likely N-dealkylation sites (N-methyl/N-ethyl adjacent to an activating group) is 1. The van der Waals surface area contributed by atoms with Crippen LogP contribution in [0.15, 0.2) is 62.2 Å². The Bertz CT molecular complexity index is 937. The van der Waals surface area contributed by atoms with Gasteiger partial charge in [0.25, 0.3) is 0 Å². The van der Waals surface area contributed by atoms with E-state index in [1.807, 2.05) is 49.5 Å². The van der Waals surface area contributed by atoms with Gasteiger partial charge in [0.15, 0.2) is 0 Å². The molecule has 0 aliphatic carbocycles. The van der Waals surface area contributed by atoms with E-state index in [0.717, 1.165) is 33.5 Å². The van der Waals surface area contributed by atoms with Gasteiger partial charge >= 0.3 is 5.63 Å². The van der Waals surface area contributed by atoms with E-state index >= 15 is 0 Å². The fourth-order valence-electron chi connectivity index (χ4n) is 2.70. The molecule has 136 valence electrons. The molecule has 0 radical (unpaired) electrons. The summed E-state index contributed by atoms with van der Waals surface area (Å²) in [6.45, 7) is 1.91. The first-order chi connectivity index (χ1) is 12.5. The number of fused-ring (bicyclic) bond motifs is 1. The van der Waals surface area contributed by atoms with E-state index in [4.69, 9.17) is 13.9 Å². The zero-order valence-corrected chi connectivity index (χ0v) is 16.3. The molecule has 0 bridgehead atoms. The van der Waals surface area contributed by atoms with Crippen LogP contribution in [0.25, 0.3) is 11.0 Å². The second kappa shape index (κ2) is 8.38. The largest absolute Gasteiger partial charge is 0.497 e. The summed E-state index contributed by atoms with van der Waals surface area (Å²) in [7, 11) is 3.63. The number of hydrogen-bond acceptors (Lipinski definition) is 5. The van der Waals surface area contributed by atoms with E-state index in [9.17, 15) is 4.79 Å². The second-order valence-electron chi connectivity index (χ2n) is 5.99. The van der Waals surface area contributed by atoms with Crippen molar-refractivity contribution in [3.63, 3.8) is 0 Å². The third-order valence-corrected chi connectivity index (χ3v) is 4.53. The first-order valence-corrected chi connectivity index (χ1v) is 9.02. The molecule has 5 nitrogen and oxygen atoms in total. The van der Waals surface area contributed by atoms with E-state index in [1.165, 1.54) is 0 Å². The summed E-state index contributed by atoms with van der Waals surface area (Å²) in [5.41, 5.74) is 1.19. The van der Waals surface area contributed by atoms with Crippen LogP contribution in [0.3, 0.4) is 0 Å². The van der Waals surface area contributed by atoms with Gasteiger partial charge in [-0.1, -0.05) is 15.9 Å². The van der Waals surface area contributed by atoms with Crippen molar-refractivity contribution in [3.8, 4) is 11.5 Å². The zero-order valence-electron chi connectivity index (χ0n) is 14.7. The molecule has 0 aliphatic heterocycles. The highest BCUT2D eigenvalue weighted by molar-refractivity contribution is 9.10. The molecule has 3 rings (SSSR count). The number of benzene rings is 2. The van der Waals surface area contributed by atoms with Crippen molar-refractivity contribution in [1.82, 2.24) is 4.90 Å². The summed E-state index contributed by atoms with van der Waals surface area (Å²) in [5.74, 6) is 1.60. The van der Waals surface area contributed by atoms with Crippen molar-refractivity contribution in [2.45, 2.75) is 6.54 Å². The van der Waals surface area contributed by atoms with E-state index in [1.54, 1.807) is 13.2 Å². The minimum Gasteiger partial charge on any atom is -0.497 e. The average molecular weight is 418 g/mol. The molecule has 0 saturated heterocycles. The molecule has 1 aromatic heterocycles. The van der Waals surface area contributed by atoms with Gasteiger partial charge in [0, 0.05) is 29.0 Å². The average Bonchev–Trinajstić information content (AvgIpc) is 2.61. The van der Waals surface area contributed by atoms with Crippen molar-refractivity contribution in [3.05, 3.63) is 69.0 Å². The number of ether oxygens (including phenoxy) is 2. The van der Waals surface area contributed by atoms with Gasteiger partial charge in [-0.05, 0) is 55.1 Å². The lowest BCUT2D eigenvalue weighted by Gasteiger charge is -2.18. The lowest BCUT2D eigenvalue weighted by atomic mass is 10.1. The predicted molar refractivity (Wildman–Crippen MR) is 105 cm³/mol. The van der Waals surface area contributed by atoms with Crippen molar-refractivity contribution in [2.24, 2.45) is 0 Å². The molecule has 0 unspecified atom stereocenters. The molecule has 0 fully saturated rings. The molecular formula is C20H20BrNO4. The van der Waals surface area contributed by atoms with Crippen LogP contribution >= 0.6 is 15.9 Å². The fourth-order valence-corrected chi connectivity index (χ4v) is 3.04. The molecule has 0 spiro atoms. The van der Waals surface area contributed by atoms with Crippen LogP contribution in [-0.2, 0) is 6.54 Å². The first-order valence-electron chi connectivity index (χ1n) is 8.23. The Morgan fingerprint density at radius 1 is 1.08 bits per heavy atom. The van der Waals surface area contributed by atoms with Crippen LogP contribution < -0.4 is 15.1 Å². The summed E-state index contributed by atoms with van der Waals surface area (Å²) in [6.07, 6.45) is 0. The third-order valence-electron chi connectivity index (χ3n) is 4.03. The standard InChI is InChI=1S/C20H20BrNO4/c1-22(9-10-25-17-6-4-16(24-2)5-7-17)13-14-11-20(23)26-19-12-15(21)3-8-18(14)19/h3-8,11-12H,9-10,13H2,1-2H3. The highest BCUT2D eigenvalue weighted by Gasteiger charge is 2.09. The molecule has 0 atom stereocenters. The second-order valence-corrected chi connectivity index (χ2v) is 6.91. The highest BCUT2D eigenvalue weighted by Crippen LogP contribution is 2.22. The van der Waals surface area contributed by atoms with E-state index in [2.05, 4.69) is 20.8 Å². The lowest BCUT2D eigenvalue weighted by molar-refractivity contribution is 0.233. The Hall–Kier alpha value is -2.31. The molecule has 1 heterocycles. The third kappa shape index (κ3) is 4.65. The lowest BCUT2D eigenvalue weighted by Crippen LogP contribution is -2.24. The van der Waals surface area contributed by atoms with Crippen molar-refractivity contribution >= 4 is 26.9 Å². The molecule has 0 N–H and O–H groups in total. The van der Waals surface area contributed by atoms with Gasteiger partial charge in [-0.2, -0.15) is 0 Å². The quantitative estimate of drug-likeness (QED) is 0.542. The van der Waals surface area contributed by atoms with Gasteiger partial charge in [-0.25, -0.2) is 4.79 Å². The maximum atomic E-state index is 11.8. The SMILES string of the molecule is COc1ccc(OCCN(C)Cc2cc(=O)oc3cc(Br)ccc23)cc1. The molecular weight excluding hydrogens is 398 g/mol. The summed E-state index contributed by atoms with van der Waals surface area (Å²) >= 11 is 3.40. The maximum absolute atomic E-state index is 11.8. The number of hydrogen-bond donors (Lipinski definition) is 0. The van der Waals surface area contributed by atoms with Gasteiger partial charge in [-0.3, -0.25) is 4.90 Å². The van der Waals surface area contributed by atoms with Crippen molar-refractivity contribution in [1.29, 1.82) is 0 Å². The molecule has 0 amide bonds. The Kier molecular flexibility index (Phi) is 5.96. The fraction of sp³-hybridized carbons (Fsp3) is 0.250. The normalized spacial score (nSPS) is 11.1. The number of rotatable bonds is 7. The maximum Gasteiger partial charge on any atom is 0.336 e. The molecule has 6 heteroatoms. The molecule has 3 aromatic rings. The van der Waals surface area contributed by atoms with Gasteiger partial charge in [0.05, 0.1) is 7.11 Å². The van der Waals surface area contributed by atoms with Crippen molar-refractivity contribution < 1.29 is 13.9 Å². The van der Waals surface area contributed by atoms with Crippen LogP contribution in [0.5, 0.6) is 11.5 Å².